The van der Waals surface area contributed by atoms with Crippen LogP contribution in [0.5, 0.6) is 0 Å². The normalized spacial score (nSPS) is 10.9. The number of hydrogen-bond acceptors (Lipinski definition) is 6. The van der Waals surface area contributed by atoms with E-state index < -0.39 is 5.91 Å². The van der Waals surface area contributed by atoms with Crippen molar-refractivity contribution in [2.45, 2.75) is 32.9 Å². The van der Waals surface area contributed by atoms with E-state index >= 15 is 0 Å². The number of furan rings is 1. The van der Waals surface area contributed by atoms with Crippen molar-refractivity contribution in [3.63, 3.8) is 0 Å². The van der Waals surface area contributed by atoms with Gasteiger partial charge in [0.2, 0.25) is 5.89 Å². The lowest BCUT2D eigenvalue weighted by atomic mass is 10.2. The first-order valence-corrected chi connectivity index (χ1v) is 5.90. The van der Waals surface area contributed by atoms with Crippen LogP contribution in [0.25, 0.3) is 0 Å². The largest absolute Gasteiger partial charge is 0.453 e. The molecule has 2 aromatic rings. The number of rotatable bonds is 5. The van der Waals surface area contributed by atoms with Crippen LogP contribution < -0.4 is 5.32 Å². The number of aliphatic hydroxyl groups excluding tert-OH is 1. The van der Waals surface area contributed by atoms with Crippen LogP contribution in [0.4, 0.5) is 0 Å². The summed E-state index contributed by atoms with van der Waals surface area (Å²) in [6.45, 7) is 3.80. The van der Waals surface area contributed by atoms with Crippen molar-refractivity contribution in [2.24, 2.45) is 0 Å². The number of nitrogens with one attached hydrogen (secondary N) is 1. The van der Waals surface area contributed by atoms with Gasteiger partial charge in [-0.15, -0.1) is 0 Å². The lowest BCUT2D eigenvalue weighted by molar-refractivity contribution is 0.0917. The van der Waals surface area contributed by atoms with Gasteiger partial charge in [-0.3, -0.25) is 4.79 Å². The van der Waals surface area contributed by atoms with E-state index in [-0.39, 0.29) is 24.8 Å². The Balaban J connectivity index is 1.92. The maximum Gasteiger partial charge on any atom is 0.287 e. The molecule has 0 fully saturated rings. The Labute approximate surface area is 109 Å². The summed E-state index contributed by atoms with van der Waals surface area (Å²) in [5.41, 5.74) is 0. The highest BCUT2D eigenvalue weighted by molar-refractivity contribution is 5.91. The Bertz CT molecular complexity index is 559. The van der Waals surface area contributed by atoms with Crippen molar-refractivity contribution in [1.29, 1.82) is 0 Å². The molecule has 0 atom stereocenters. The van der Waals surface area contributed by atoms with Gasteiger partial charge in [0.25, 0.3) is 5.91 Å². The zero-order valence-corrected chi connectivity index (χ0v) is 10.7. The molecule has 0 saturated carbocycles. The van der Waals surface area contributed by atoms with Crippen molar-refractivity contribution < 1.29 is 18.8 Å². The number of aliphatic hydroxyl groups is 1. The summed E-state index contributed by atoms with van der Waals surface area (Å²) in [5.74, 6) is 1.17. The Morgan fingerprint density at radius 3 is 2.84 bits per heavy atom. The van der Waals surface area contributed by atoms with Crippen LogP contribution in [0, 0.1) is 0 Å². The monoisotopic (exact) mass is 265 g/mol. The molecule has 0 unspecified atom stereocenters. The second-order valence-electron chi connectivity index (χ2n) is 4.31. The molecule has 2 aromatic heterocycles. The fraction of sp³-hybridized carbons (Fsp3) is 0.417. The highest BCUT2D eigenvalue weighted by Gasteiger charge is 2.13. The van der Waals surface area contributed by atoms with E-state index in [1.807, 2.05) is 13.8 Å². The van der Waals surface area contributed by atoms with Crippen molar-refractivity contribution in [3.05, 3.63) is 35.4 Å². The Hall–Kier alpha value is -2.15. The molecule has 1 amide bonds. The van der Waals surface area contributed by atoms with Gasteiger partial charge in [-0.2, -0.15) is 4.98 Å². The van der Waals surface area contributed by atoms with Gasteiger partial charge >= 0.3 is 0 Å². The topological polar surface area (TPSA) is 101 Å². The molecule has 2 heterocycles. The zero-order chi connectivity index (χ0) is 13.8. The molecule has 7 nitrogen and oxygen atoms in total. The number of nitrogens with zero attached hydrogens (tertiary/aromatic N) is 2. The van der Waals surface area contributed by atoms with Gasteiger partial charge in [0.1, 0.15) is 12.4 Å². The Morgan fingerprint density at radius 2 is 2.26 bits per heavy atom. The highest BCUT2D eigenvalue weighted by atomic mass is 16.5. The van der Waals surface area contributed by atoms with Gasteiger partial charge in [-0.1, -0.05) is 19.0 Å². The summed E-state index contributed by atoms with van der Waals surface area (Å²) in [4.78, 5) is 15.8. The second-order valence-corrected chi connectivity index (χ2v) is 4.31. The molecule has 2 N–H and O–H groups in total. The van der Waals surface area contributed by atoms with Crippen LogP contribution in [0.3, 0.4) is 0 Å². The van der Waals surface area contributed by atoms with Crippen LogP contribution in [0.15, 0.2) is 21.1 Å². The van der Waals surface area contributed by atoms with Crippen molar-refractivity contribution in [1.82, 2.24) is 15.5 Å². The van der Waals surface area contributed by atoms with Gasteiger partial charge in [0.15, 0.2) is 11.6 Å². The Morgan fingerprint density at radius 1 is 1.47 bits per heavy atom. The first-order valence-electron chi connectivity index (χ1n) is 5.90. The molecule has 0 aliphatic rings. The van der Waals surface area contributed by atoms with E-state index in [0.29, 0.717) is 17.5 Å². The molecule has 19 heavy (non-hydrogen) atoms. The molecule has 0 spiro atoms. The Kier molecular flexibility index (Phi) is 3.96. The average Bonchev–Trinajstić information content (AvgIpc) is 3.04. The molecular formula is C12H15N3O4. The molecule has 0 bridgehead atoms. The fourth-order valence-electron chi connectivity index (χ4n) is 1.41. The highest BCUT2D eigenvalue weighted by Crippen LogP contribution is 2.11. The van der Waals surface area contributed by atoms with E-state index in [4.69, 9.17) is 14.0 Å². The van der Waals surface area contributed by atoms with E-state index in [1.54, 1.807) is 6.07 Å². The molecule has 0 aromatic carbocycles. The van der Waals surface area contributed by atoms with Crippen molar-refractivity contribution in [2.75, 3.05) is 0 Å². The van der Waals surface area contributed by atoms with Crippen LogP contribution in [-0.4, -0.2) is 21.2 Å². The first-order chi connectivity index (χ1) is 9.10. The summed E-state index contributed by atoms with van der Waals surface area (Å²) in [7, 11) is 0. The van der Waals surface area contributed by atoms with Crippen LogP contribution in [-0.2, 0) is 13.2 Å². The standard InChI is InChI=1S/C12H15N3O4/c1-7(2)12-14-10(15-19-12)5-13-11(17)9-4-3-8(6-16)18-9/h3-4,7,16H,5-6H2,1-2H3,(H,13,17). The van der Waals surface area contributed by atoms with Crippen LogP contribution in [0.2, 0.25) is 0 Å². The van der Waals surface area contributed by atoms with Gasteiger partial charge in [0, 0.05) is 5.92 Å². The van der Waals surface area contributed by atoms with Gasteiger partial charge < -0.3 is 19.4 Å². The SMILES string of the molecule is CC(C)c1nc(CNC(=O)c2ccc(CO)o2)no1. The number of carbonyl (C=O) groups is 1. The molecule has 2 rings (SSSR count). The van der Waals surface area contributed by atoms with Gasteiger partial charge in [0.05, 0.1) is 6.54 Å². The zero-order valence-electron chi connectivity index (χ0n) is 10.7. The van der Waals surface area contributed by atoms with Crippen molar-refractivity contribution >= 4 is 5.91 Å². The molecule has 0 aliphatic carbocycles. The minimum absolute atomic E-state index is 0.136. The van der Waals surface area contributed by atoms with E-state index in [1.165, 1.54) is 6.07 Å². The summed E-state index contributed by atoms with van der Waals surface area (Å²) in [6.07, 6.45) is 0. The molecule has 0 aliphatic heterocycles. The van der Waals surface area contributed by atoms with Gasteiger partial charge in [-0.05, 0) is 12.1 Å². The fourth-order valence-corrected chi connectivity index (χ4v) is 1.41. The lowest BCUT2D eigenvalue weighted by Crippen LogP contribution is -2.22. The minimum atomic E-state index is -0.393. The summed E-state index contributed by atoms with van der Waals surface area (Å²) < 4.78 is 10.1. The maximum atomic E-state index is 11.7. The van der Waals surface area contributed by atoms with E-state index in [9.17, 15) is 4.79 Å². The minimum Gasteiger partial charge on any atom is -0.453 e. The van der Waals surface area contributed by atoms with E-state index in [2.05, 4.69) is 15.5 Å². The third-order valence-corrected chi connectivity index (χ3v) is 2.43. The first kappa shape index (κ1) is 13.3. The third-order valence-electron chi connectivity index (χ3n) is 2.43. The quantitative estimate of drug-likeness (QED) is 0.842. The number of carbonyl (C=O) groups excluding carboxylic acids is 1. The maximum absolute atomic E-state index is 11.7. The third kappa shape index (κ3) is 3.19. The number of hydrogen-bond donors (Lipinski definition) is 2. The van der Waals surface area contributed by atoms with Crippen molar-refractivity contribution in [3.8, 4) is 0 Å². The smallest absolute Gasteiger partial charge is 0.287 e. The lowest BCUT2D eigenvalue weighted by Gasteiger charge is -1.98. The predicted molar refractivity (Wildman–Crippen MR) is 64.2 cm³/mol. The predicted octanol–water partition coefficient (Wildman–Crippen LogP) is 1.21. The van der Waals surface area contributed by atoms with Crippen LogP contribution >= 0.6 is 0 Å². The average molecular weight is 265 g/mol. The molecule has 7 heteroatoms. The molecule has 102 valence electrons. The van der Waals surface area contributed by atoms with E-state index in [0.717, 1.165) is 0 Å². The molecule has 0 radical (unpaired) electrons. The summed E-state index contributed by atoms with van der Waals surface area (Å²) in [5, 5.41) is 15.2. The number of amides is 1. The summed E-state index contributed by atoms with van der Waals surface area (Å²) in [6, 6.07) is 3.04. The summed E-state index contributed by atoms with van der Waals surface area (Å²) >= 11 is 0. The second kappa shape index (κ2) is 5.66. The van der Waals surface area contributed by atoms with Gasteiger partial charge in [-0.25, -0.2) is 0 Å². The molecular weight excluding hydrogens is 250 g/mol. The molecule has 0 saturated heterocycles. The van der Waals surface area contributed by atoms with Crippen LogP contribution in [0.1, 0.15) is 47.8 Å². The number of aromatic nitrogens is 2.